The number of hydrogen-bond acceptors (Lipinski definition) is 6. The number of rotatable bonds is 7. The zero-order valence-corrected chi connectivity index (χ0v) is 15.9. The van der Waals surface area contributed by atoms with Gasteiger partial charge in [-0.1, -0.05) is 0 Å². The van der Waals surface area contributed by atoms with Crippen LogP contribution in [0.2, 0.25) is 0 Å². The Balaban J connectivity index is 2.20. The van der Waals surface area contributed by atoms with Crippen LogP contribution in [0.3, 0.4) is 0 Å². The quantitative estimate of drug-likeness (QED) is 0.548. The van der Waals surface area contributed by atoms with E-state index in [-0.39, 0.29) is 17.5 Å². The molecule has 0 aliphatic carbocycles. The van der Waals surface area contributed by atoms with E-state index < -0.39 is 11.0 Å². The number of nitrogens with zero attached hydrogens (tertiary/aromatic N) is 6. The first kappa shape index (κ1) is 19.4. The van der Waals surface area contributed by atoms with Crippen LogP contribution >= 0.6 is 0 Å². The van der Waals surface area contributed by atoms with Gasteiger partial charge in [0.25, 0.3) is 0 Å². The van der Waals surface area contributed by atoms with Gasteiger partial charge in [-0.15, -0.1) is 5.10 Å². The van der Waals surface area contributed by atoms with Crippen molar-refractivity contribution in [2.45, 2.75) is 46.8 Å². The molecule has 2 aromatic rings. The number of hydrogen-bond donors (Lipinski definition) is 0. The third-order valence-corrected chi connectivity index (χ3v) is 4.43. The fourth-order valence-electron chi connectivity index (χ4n) is 2.85. The van der Waals surface area contributed by atoms with Crippen LogP contribution in [0.5, 0.6) is 5.88 Å². The number of amides is 1. The highest BCUT2D eigenvalue weighted by Crippen LogP contribution is 2.26. The molecule has 2 heterocycles. The van der Waals surface area contributed by atoms with Crippen LogP contribution in [0.1, 0.15) is 36.8 Å². The molecule has 26 heavy (non-hydrogen) atoms. The number of carbonyl (C=O) groups excluding carboxylic acids is 1. The summed E-state index contributed by atoms with van der Waals surface area (Å²) in [7, 11) is 2.99. The van der Waals surface area contributed by atoms with Crippen LogP contribution in [0.4, 0.5) is 5.69 Å². The highest BCUT2D eigenvalue weighted by molar-refractivity contribution is 5.79. The van der Waals surface area contributed by atoms with E-state index in [0.29, 0.717) is 6.54 Å². The summed E-state index contributed by atoms with van der Waals surface area (Å²) in [4.78, 5) is 24.8. The van der Waals surface area contributed by atoms with Crippen molar-refractivity contribution in [1.29, 1.82) is 0 Å². The van der Waals surface area contributed by atoms with Gasteiger partial charge in [0.2, 0.25) is 5.91 Å². The van der Waals surface area contributed by atoms with E-state index in [0.717, 1.165) is 23.5 Å². The van der Waals surface area contributed by atoms with Gasteiger partial charge in [-0.3, -0.25) is 19.6 Å². The minimum atomic E-state index is -0.704. The summed E-state index contributed by atoms with van der Waals surface area (Å²) >= 11 is 0. The van der Waals surface area contributed by atoms with Gasteiger partial charge in [-0.05, 0) is 27.7 Å². The predicted octanol–water partition coefficient (Wildman–Crippen LogP) is 1.85. The molecule has 2 aromatic heterocycles. The molecule has 1 atom stereocenters. The molecular weight excluding hydrogens is 340 g/mol. The van der Waals surface area contributed by atoms with Crippen LogP contribution in [0.15, 0.2) is 6.20 Å². The first-order chi connectivity index (χ1) is 12.2. The molecule has 0 aromatic carbocycles. The molecule has 1 unspecified atom stereocenters. The first-order valence-electron chi connectivity index (χ1n) is 8.26. The van der Waals surface area contributed by atoms with Gasteiger partial charge in [0, 0.05) is 31.4 Å². The second kappa shape index (κ2) is 7.54. The number of methoxy groups -OCH3 is 1. The van der Waals surface area contributed by atoms with E-state index >= 15 is 0 Å². The lowest BCUT2D eigenvalue weighted by molar-refractivity contribution is -0.385. The monoisotopic (exact) mass is 364 g/mol. The number of likely N-dealkylation sites (N-methyl/N-ethyl adjacent to an activating group) is 1. The number of aromatic nitrogens is 4. The third kappa shape index (κ3) is 3.53. The SMILES string of the molecule is CCn1nc(C)c(CN(C)C(=O)C(C)n2cc([N+](=O)[O-])c(OC)n2)c1C. The van der Waals surface area contributed by atoms with E-state index in [2.05, 4.69) is 10.2 Å². The molecule has 0 aliphatic heterocycles. The maximum atomic E-state index is 12.8. The maximum absolute atomic E-state index is 12.8. The normalized spacial score (nSPS) is 12.1. The molecule has 10 heteroatoms. The molecule has 0 N–H and O–H groups in total. The molecular formula is C16H24N6O4. The topological polar surface area (TPSA) is 108 Å². The van der Waals surface area contributed by atoms with Gasteiger partial charge < -0.3 is 9.64 Å². The van der Waals surface area contributed by atoms with Gasteiger partial charge in [0.1, 0.15) is 12.2 Å². The minimum Gasteiger partial charge on any atom is -0.475 e. The standard InChI is InChI=1S/C16H24N6O4/c1-7-20-11(3)13(10(2)17-20)8-19(5)16(23)12(4)21-9-14(22(24)25)15(18-21)26-6/h9,12H,7-8H2,1-6H3. The van der Waals surface area contributed by atoms with Crippen LogP contribution in [-0.2, 0) is 17.9 Å². The molecule has 0 saturated heterocycles. The van der Waals surface area contributed by atoms with Crippen molar-refractivity contribution in [1.82, 2.24) is 24.5 Å². The lowest BCUT2D eigenvalue weighted by Crippen LogP contribution is -2.33. The van der Waals surface area contributed by atoms with E-state index in [4.69, 9.17) is 4.74 Å². The molecule has 0 bridgehead atoms. The Kier molecular flexibility index (Phi) is 5.63. The van der Waals surface area contributed by atoms with Gasteiger partial charge in [-0.2, -0.15) is 5.10 Å². The first-order valence-corrected chi connectivity index (χ1v) is 8.26. The molecule has 0 aliphatic rings. The van der Waals surface area contributed by atoms with E-state index in [1.165, 1.54) is 18.0 Å². The van der Waals surface area contributed by atoms with Crippen LogP contribution in [0, 0.1) is 24.0 Å². The molecule has 0 saturated carbocycles. The molecule has 0 spiro atoms. The Bertz CT molecular complexity index is 825. The summed E-state index contributed by atoms with van der Waals surface area (Å²) in [5.41, 5.74) is 2.63. The highest BCUT2D eigenvalue weighted by Gasteiger charge is 2.27. The van der Waals surface area contributed by atoms with E-state index in [1.807, 2.05) is 25.5 Å². The summed E-state index contributed by atoms with van der Waals surface area (Å²) in [5, 5.41) is 19.5. The van der Waals surface area contributed by atoms with Gasteiger partial charge in [0.15, 0.2) is 0 Å². The molecule has 10 nitrogen and oxygen atoms in total. The smallest absolute Gasteiger partial charge is 0.350 e. The third-order valence-electron chi connectivity index (χ3n) is 4.43. The number of nitro groups is 1. The summed E-state index contributed by atoms with van der Waals surface area (Å²) in [6, 6.07) is -0.704. The van der Waals surface area contributed by atoms with Crippen LogP contribution < -0.4 is 4.74 Å². The second-order valence-corrected chi connectivity index (χ2v) is 6.10. The van der Waals surface area contributed by atoms with Crippen molar-refractivity contribution >= 4 is 11.6 Å². The predicted molar refractivity (Wildman–Crippen MR) is 94.0 cm³/mol. The minimum absolute atomic E-state index is 0.117. The highest BCUT2D eigenvalue weighted by atomic mass is 16.6. The fourth-order valence-corrected chi connectivity index (χ4v) is 2.85. The van der Waals surface area contributed by atoms with Gasteiger partial charge >= 0.3 is 11.6 Å². The summed E-state index contributed by atoms with van der Waals surface area (Å²) in [5.74, 6) is -0.332. The lowest BCUT2D eigenvalue weighted by Gasteiger charge is -2.21. The second-order valence-electron chi connectivity index (χ2n) is 6.10. The van der Waals surface area contributed by atoms with Crippen molar-refractivity contribution in [2.75, 3.05) is 14.2 Å². The number of aryl methyl sites for hydroxylation is 2. The van der Waals surface area contributed by atoms with E-state index in [9.17, 15) is 14.9 Å². The van der Waals surface area contributed by atoms with Crippen molar-refractivity contribution in [2.24, 2.45) is 0 Å². The average Bonchev–Trinajstić information content (AvgIpc) is 3.16. The Morgan fingerprint density at radius 3 is 2.54 bits per heavy atom. The number of carbonyl (C=O) groups is 1. The van der Waals surface area contributed by atoms with Crippen molar-refractivity contribution < 1.29 is 14.5 Å². The summed E-state index contributed by atoms with van der Waals surface area (Å²) < 4.78 is 8.06. The Morgan fingerprint density at radius 2 is 2.08 bits per heavy atom. The van der Waals surface area contributed by atoms with Gasteiger partial charge in [0.05, 0.1) is 17.7 Å². The fraction of sp³-hybridized carbons (Fsp3) is 0.562. The van der Waals surface area contributed by atoms with Gasteiger partial charge in [-0.25, -0.2) is 4.68 Å². The Labute approximate surface area is 151 Å². The zero-order valence-electron chi connectivity index (χ0n) is 15.9. The summed E-state index contributed by atoms with van der Waals surface area (Å²) in [6.07, 6.45) is 1.21. The van der Waals surface area contributed by atoms with Crippen molar-refractivity contribution in [3.05, 3.63) is 33.3 Å². The molecule has 0 fully saturated rings. The van der Waals surface area contributed by atoms with Crippen molar-refractivity contribution in [3.8, 4) is 5.88 Å². The largest absolute Gasteiger partial charge is 0.475 e. The Morgan fingerprint density at radius 1 is 1.42 bits per heavy atom. The van der Waals surface area contributed by atoms with Crippen LogP contribution in [-0.4, -0.2) is 49.4 Å². The molecule has 142 valence electrons. The molecule has 2 rings (SSSR count). The van der Waals surface area contributed by atoms with Crippen molar-refractivity contribution in [3.63, 3.8) is 0 Å². The zero-order chi connectivity index (χ0) is 19.6. The molecule has 0 radical (unpaired) electrons. The average molecular weight is 364 g/mol. The summed E-state index contributed by atoms with van der Waals surface area (Å²) in [6.45, 7) is 8.71. The lowest BCUT2D eigenvalue weighted by atomic mass is 10.1. The van der Waals surface area contributed by atoms with E-state index in [1.54, 1.807) is 18.9 Å². The van der Waals surface area contributed by atoms with Crippen LogP contribution in [0.25, 0.3) is 0 Å². The maximum Gasteiger partial charge on any atom is 0.350 e. The molecule has 1 amide bonds. The number of ether oxygens (including phenoxy) is 1. The Hall–Kier alpha value is -2.91.